The predicted octanol–water partition coefficient (Wildman–Crippen LogP) is 4.39. The maximum Gasteiger partial charge on any atom is 0.293 e. The lowest BCUT2D eigenvalue weighted by molar-refractivity contribution is -0.276. The summed E-state index contributed by atoms with van der Waals surface area (Å²) in [6.07, 6.45) is 7.17. The molecule has 1 atom stereocenters. The Kier molecular flexibility index (Phi) is 6.30. The monoisotopic (exact) mass is 524 g/mol. The van der Waals surface area contributed by atoms with Crippen molar-refractivity contribution in [2.24, 2.45) is 0 Å². The van der Waals surface area contributed by atoms with Gasteiger partial charge in [-0.1, -0.05) is 13.8 Å². The minimum atomic E-state index is -2.95. The molecule has 202 valence electrons. The molecule has 3 saturated heterocycles. The van der Waals surface area contributed by atoms with E-state index in [-0.39, 0.29) is 18.3 Å². The number of nitrogens with zero attached hydrogens (tertiary/aromatic N) is 7. The lowest BCUT2D eigenvalue weighted by Gasteiger charge is -2.52. The summed E-state index contributed by atoms with van der Waals surface area (Å²) in [7, 11) is 2.12. The summed E-state index contributed by atoms with van der Waals surface area (Å²) >= 11 is 0. The zero-order chi connectivity index (χ0) is 26.5. The van der Waals surface area contributed by atoms with E-state index in [1.165, 1.54) is 4.90 Å². The van der Waals surface area contributed by atoms with Gasteiger partial charge in [0.25, 0.3) is 5.92 Å². The maximum atomic E-state index is 14.9. The molecule has 6 rings (SSSR count). The topological polar surface area (TPSA) is 82.5 Å². The van der Waals surface area contributed by atoms with Gasteiger partial charge >= 0.3 is 0 Å². The Morgan fingerprint density at radius 3 is 2.55 bits per heavy atom. The number of hydrogen-bond acceptors (Lipinski definition) is 9. The van der Waals surface area contributed by atoms with Crippen molar-refractivity contribution in [2.75, 3.05) is 61.6 Å². The molecule has 38 heavy (non-hydrogen) atoms. The first-order valence-electron chi connectivity index (χ1n) is 13.3. The highest BCUT2D eigenvalue weighted by atomic mass is 19.3. The van der Waals surface area contributed by atoms with Crippen LogP contribution < -0.4 is 15.1 Å². The first kappa shape index (κ1) is 25.1. The summed E-state index contributed by atoms with van der Waals surface area (Å²) in [5.74, 6) is -0.316. The van der Waals surface area contributed by atoms with Gasteiger partial charge in [0, 0.05) is 56.5 Å². The highest BCUT2D eigenvalue weighted by molar-refractivity contribution is 5.95. The minimum Gasteiger partial charge on any atom is -0.368 e. The molecule has 3 aromatic rings. The van der Waals surface area contributed by atoms with Gasteiger partial charge in [0.05, 0.1) is 19.8 Å². The van der Waals surface area contributed by atoms with Crippen molar-refractivity contribution in [1.82, 2.24) is 24.8 Å². The fourth-order valence-corrected chi connectivity index (χ4v) is 5.73. The molecular weight excluding hydrogens is 490 g/mol. The van der Waals surface area contributed by atoms with E-state index in [4.69, 9.17) is 9.72 Å². The van der Waals surface area contributed by atoms with Crippen LogP contribution in [0.2, 0.25) is 0 Å². The van der Waals surface area contributed by atoms with Crippen LogP contribution in [0.3, 0.4) is 0 Å². The van der Waals surface area contributed by atoms with E-state index in [9.17, 15) is 8.78 Å². The lowest BCUT2D eigenvalue weighted by atomic mass is 9.81. The van der Waals surface area contributed by atoms with Crippen LogP contribution >= 0.6 is 0 Å². The lowest BCUT2D eigenvalue weighted by Crippen LogP contribution is -2.66. The zero-order valence-electron chi connectivity index (χ0n) is 22.1. The number of ether oxygens (including phenoxy) is 1. The fraction of sp³-hybridized carbons (Fsp3) is 0.556. The Morgan fingerprint density at radius 2 is 1.84 bits per heavy atom. The molecule has 1 N–H and O–H groups in total. The van der Waals surface area contributed by atoms with Crippen molar-refractivity contribution in [2.45, 2.75) is 50.6 Å². The standard InChI is InChI=1S/C27H34F2N8O/c1-18(2)20-14-32-24(37-10-4-9-35(3)17-37)21-15-31-23(13-19(20)21)33-22-5-8-30-25(34-22)36-11-6-26(7-12-38-26)27(28,29)16-36/h5,8,13-15,18H,4,6-7,9-12,16-17H2,1-3H3,(H,30,31,33,34)/t26-/m0/s1. The Bertz CT molecular complexity index is 1330. The maximum absolute atomic E-state index is 14.9. The van der Waals surface area contributed by atoms with Gasteiger partial charge in [-0.3, -0.25) is 4.90 Å². The normalized spacial score (nSPS) is 23.7. The van der Waals surface area contributed by atoms with Crippen LogP contribution in [0, 0.1) is 0 Å². The first-order chi connectivity index (χ1) is 18.2. The van der Waals surface area contributed by atoms with Gasteiger partial charge in [-0.25, -0.2) is 23.7 Å². The number of alkyl halides is 2. The Labute approximate surface area is 221 Å². The van der Waals surface area contributed by atoms with Gasteiger partial charge in [0.1, 0.15) is 23.1 Å². The van der Waals surface area contributed by atoms with Crippen molar-refractivity contribution < 1.29 is 13.5 Å². The second-order valence-electron chi connectivity index (χ2n) is 11.0. The Morgan fingerprint density at radius 1 is 1.00 bits per heavy atom. The number of hydrogen-bond donors (Lipinski definition) is 1. The van der Waals surface area contributed by atoms with Gasteiger partial charge in [0.2, 0.25) is 5.95 Å². The number of piperidine rings is 1. The van der Waals surface area contributed by atoms with Crippen molar-refractivity contribution in [3.8, 4) is 0 Å². The van der Waals surface area contributed by atoms with E-state index < -0.39 is 18.1 Å². The Balaban J connectivity index is 1.27. The van der Waals surface area contributed by atoms with E-state index >= 15 is 0 Å². The van der Waals surface area contributed by atoms with E-state index in [0.29, 0.717) is 31.2 Å². The summed E-state index contributed by atoms with van der Waals surface area (Å²) in [5.41, 5.74) is -0.176. The van der Waals surface area contributed by atoms with E-state index in [2.05, 4.69) is 51.0 Å². The molecule has 0 bridgehead atoms. The van der Waals surface area contributed by atoms with Crippen molar-refractivity contribution in [3.63, 3.8) is 0 Å². The highest BCUT2D eigenvalue weighted by Gasteiger charge is 2.61. The number of aromatic nitrogens is 4. The van der Waals surface area contributed by atoms with Gasteiger partial charge < -0.3 is 19.9 Å². The summed E-state index contributed by atoms with van der Waals surface area (Å²) < 4.78 is 35.1. The smallest absolute Gasteiger partial charge is 0.293 e. The van der Waals surface area contributed by atoms with Gasteiger partial charge in [-0.15, -0.1) is 0 Å². The molecule has 1 spiro atoms. The molecule has 0 amide bonds. The summed E-state index contributed by atoms with van der Waals surface area (Å²) in [5, 5.41) is 5.37. The molecule has 11 heteroatoms. The third-order valence-electron chi connectivity index (χ3n) is 7.99. The van der Waals surface area contributed by atoms with Crippen LogP contribution in [-0.4, -0.2) is 82.9 Å². The zero-order valence-corrected chi connectivity index (χ0v) is 22.1. The molecule has 0 saturated carbocycles. The summed E-state index contributed by atoms with van der Waals surface area (Å²) in [4.78, 5) is 24.5. The van der Waals surface area contributed by atoms with E-state index in [1.54, 1.807) is 12.3 Å². The van der Waals surface area contributed by atoms with Crippen molar-refractivity contribution >= 4 is 34.2 Å². The molecule has 0 unspecified atom stereocenters. The van der Waals surface area contributed by atoms with Crippen LogP contribution in [0.25, 0.3) is 10.8 Å². The molecule has 3 aromatic heterocycles. The van der Waals surface area contributed by atoms with Gasteiger partial charge in [0.15, 0.2) is 0 Å². The van der Waals surface area contributed by atoms with Crippen LogP contribution in [0.15, 0.2) is 30.7 Å². The molecule has 0 aliphatic carbocycles. The van der Waals surface area contributed by atoms with Gasteiger partial charge in [-0.2, -0.15) is 4.98 Å². The number of anilines is 4. The average Bonchev–Trinajstić information content (AvgIpc) is 2.86. The largest absolute Gasteiger partial charge is 0.368 e. The summed E-state index contributed by atoms with van der Waals surface area (Å²) in [6, 6.07) is 3.75. The molecule has 6 heterocycles. The van der Waals surface area contributed by atoms with E-state index in [0.717, 1.165) is 48.3 Å². The fourth-order valence-electron chi connectivity index (χ4n) is 5.73. The van der Waals surface area contributed by atoms with E-state index in [1.807, 2.05) is 18.5 Å². The summed E-state index contributed by atoms with van der Waals surface area (Å²) in [6.45, 7) is 7.54. The molecule has 3 aliphatic rings. The molecule has 9 nitrogen and oxygen atoms in total. The number of rotatable bonds is 5. The third-order valence-corrected chi connectivity index (χ3v) is 7.99. The van der Waals surface area contributed by atoms with Crippen LogP contribution in [-0.2, 0) is 4.74 Å². The number of pyridine rings is 2. The molecule has 3 aliphatic heterocycles. The third kappa shape index (κ3) is 4.41. The number of fused-ring (bicyclic) bond motifs is 1. The van der Waals surface area contributed by atoms with Crippen LogP contribution in [0.1, 0.15) is 44.6 Å². The predicted molar refractivity (Wildman–Crippen MR) is 143 cm³/mol. The minimum absolute atomic E-state index is 0.258. The first-order valence-corrected chi connectivity index (χ1v) is 13.3. The average molecular weight is 525 g/mol. The SMILES string of the molecule is CC(C)c1cnc(N2CCCN(C)C2)c2cnc(Nc3ccnc(N4CC[C@]5(CCO5)C(F)(F)C4)n3)cc12. The van der Waals surface area contributed by atoms with Gasteiger partial charge in [-0.05, 0) is 42.5 Å². The quantitative estimate of drug-likeness (QED) is 0.523. The van der Waals surface area contributed by atoms with Crippen molar-refractivity contribution in [1.29, 1.82) is 0 Å². The number of nitrogens with one attached hydrogen (secondary N) is 1. The molecule has 3 fully saturated rings. The second-order valence-corrected chi connectivity index (χ2v) is 11.0. The number of halogens is 2. The van der Waals surface area contributed by atoms with Crippen LogP contribution in [0.4, 0.5) is 32.2 Å². The molecule has 0 radical (unpaired) electrons. The molecule has 0 aromatic carbocycles. The Hall–Kier alpha value is -3.18. The second kappa shape index (κ2) is 9.53. The van der Waals surface area contributed by atoms with Crippen LogP contribution in [0.5, 0.6) is 0 Å². The molecular formula is C27H34F2N8O. The van der Waals surface area contributed by atoms with Crippen molar-refractivity contribution in [3.05, 3.63) is 36.3 Å². The highest BCUT2D eigenvalue weighted by Crippen LogP contribution is 2.47.